The van der Waals surface area contributed by atoms with E-state index < -0.39 is 0 Å². The van der Waals surface area contributed by atoms with Gasteiger partial charge in [0.2, 0.25) is 0 Å². The van der Waals surface area contributed by atoms with Crippen molar-refractivity contribution in [2.75, 3.05) is 0 Å². The lowest BCUT2D eigenvalue weighted by Crippen LogP contribution is -2.32. The fraction of sp³-hybridized carbons (Fsp3) is 0.588. The van der Waals surface area contributed by atoms with Gasteiger partial charge in [0.25, 0.3) is 5.91 Å². The number of rotatable bonds is 5. The molecular formula is C17H26N4O. The minimum atomic E-state index is -0.0358. The number of amides is 1. The van der Waals surface area contributed by atoms with Crippen molar-refractivity contribution in [1.29, 1.82) is 0 Å². The highest BCUT2D eigenvalue weighted by atomic mass is 16.1. The van der Waals surface area contributed by atoms with E-state index in [1.54, 1.807) is 4.68 Å². The highest BCUT2D eigenvalue weighted by molar-refractivity contribution is 6.06. The van der Waals surface area contributed by atoms with E-state index in [9.17, 15) is 4.79 Å². The van der Waals surface area contributed by atoms with Gasteiger partial charge >= 0.3 is 0 Å². The molecule has 0 fully saturated rings. The Bertz CT molecular complexity index is 688. The zero-order chi connectivity index (χ0) is 16.4. The van der Waals surface area contributed by atoms with Gasteiger partial charge in [-0.3, -0.25) is 9.48 Å². The Morgan fingerprint density at radius 2 is 2.05 bits per heavy atom. The fourth-order valence-corrected chi connectivity index (χ4v) is 2.75. The van der Waals surface area contributed by atoms with Gasteiger partial charge in [-0.2, -0.15) is 5.10 Å². The normalized spacial score (nSPS) is 12.9. The number of carbonyl (C=O) groups is 1. The van der Waals surface area contributed by atoms with Crippen molar-refractivity contribution in [3.05, 3.63) is 23.0 Å². The number of hydrogen-bond donors (Lipinski definition) is 1. The summed E-state index contributed by atoms with van der Waals surface area (Å²) in [6.45, 7) is 10.2. The van der Waals surface area contributed by atoms with Crippen LogP contribution in [0.25, 0.3) is 11.0 Å². The summed E-state index contributed by atoms with van der Waals surface area (Å²) in [5.41, 5.74) is 3.22. The van der Waals surface area contributed by atoms with Gasteiger partial charge in [0.05, 0.1) is 16.6 Å². The molecule has 0 aliphatic heterocycles. The predicted molar refractivity (Wildman–Crippen MR) is 89.2 cm³/mol. The van der Waals surface area contributed by atoms with Crippen LogP contribution in [0.15, 0.2) is 6.07 Å². The molecule has 2 heterocycles. The molecule has 1 amide bonds. The lowest BCUT2D eigenvalue weighted by molar-refractivity contribution is 0.0939. The number of aryl methyl sites for hydroxylation is 2. The van der Waals surface area contributed by atoms with Gasteiger partial charge in [-0.25, -0.2) is 4.98 Å². The maximum absolute atomic E-state index is 12.7. The molecule has 0 radical (unpaired) electrons. The topological polar surface area (TPSA) is 59.8 Å². The summed E-state index contributed by atoms with van der Waals surface area (Å²) in [4.78, 5) is 17.4. The van der Waals surface area contributed by atoms with Crippen LogP contribution >= 0.6 is 0 Å². The molecule has 0 aromatic carbocycles. The van der Waals surface area contributed by atoms with E-state index >= 15 is 0 Å². The number of fused-ring (bicyclic) bond motifs is 1. The summed E-state index contributed by atoms with van der Waals surface area (Å²) >= 11 is 0. The van der Waals surface area contributed by atoms with Crippen LogP contribution in [0.1, 0.15) is 68.2 Å². The Morgan fingerprint density at radius 3 is 2.64 bits per heavy atom. The van der Waals surface area contributed by atoms with Gasteiger partial charge < -0.3 is 5.32 Å². The Kier molecular flexibility index (Phi) is 4.84. The first kappa shape index (κ1) is 16.5. The lowest BCUT2D eigenvalue weighted by atomic mass is 10.0. The van der Waals surface area contributed by atoms with Gasteiger partial charge in [-0.15, -0.1) is 0 Å². The number of carbonyl (C=O) groups excluding carboxylic acids is 1. The van der Waals surface area contributed by atoms with E-state index in [-0.39, 0.29) is 17.9 Å². The number of pyridine rings is 1. The standard InChI is InChI=1S/C17H26N4O/c1-7-8-11(4)18-17(22)13-9-14(10(2)3)19-16-15(13)12(5)20-21(16)6/h9-11H,7-8H2,1-6H3,(H,18,22)/t11-/m0/s1. The monoisotopic (exact) mass is 302 g/mol. The molecule has 0 spiro atoms. The average molecular weight is 302 g/mol. The summed E-state index contributed by atoms with van der Waals surface area (Å²) in [6.07, 6.45) is 2.03. The van der Waals surface area contributed by atoms with Crippen LogP contribution < -0.4 is 5.32 Å². The molecule has 2 aromatic rings. The van der Waals surface area contributed by atoms with Crippen LogP contribution in [0.5, 0.6) is 0 Å². The third kappa shape index (κ3) is 3.13. The van der Waals surface area contributed by atoms with Gasteiger partial charge in [-0.05, 0) is 32.3 Å². The largest absolute Gasteiger partial charge is 0.350 e. The van der Waals surface area contributed by atoms with Crippen LogP contribution in [0.2, 0.25) is 0 Å². The molecule has 2 aromatic heterocycles. The first-order chi connectivity index (χ1) is 10.3. The Labute approximate surface area is 132 Å². The zero-order valence-electron chi connectivity index (χ0n) is 14.4. The fourth-order valence-electron chi connectivity index (χ4n) is 2.75. The molecule has 0 saturated heterocycles. The molecule has 0 unspecified atom stereocenters. The first-order valence-corrected chi connectivity index (χ1v) is 8.00. The first-order valence-electron chi connectivity index (χ1n) is 8.00. The summed E-state index contributed by atoms with van der Waals surface area (Å²) in [5.74, 6) is 0.227. The summed E-state index contributed by atoms with van der Waals surface area (Å²) in [5, 5.41) is 8.37. The van der Waals surface area contributed by atoms with Crippen LogP contribution in [-0.2, 0) is 7.05 Å². The molecule has 0 aliphatic carbocycles. The highest BCUT2D eigenvalue weighted by Gasteiger charge is 2.20. The molecular weight excluding hydrogens is 276 g/mol. The third-order valence-corrected chi connectivity index (χ3v) is 3.92. The van der Waals surface area contributed by atoms with Gasteiger partial charge in [0.1, 0.15) is 0 Å². The van der Waals surface area contributed by atoms with Crippen molar-refractivity contribution in [1.82, 2.24) is 20.1 Å². The van der Waals surface area contributed by atoms with Crippen LogP contribution in [0.4, 0.5) is 0 Å². The van der Waals surface area contributed by atoms with Crippen molar-refractivity contribution in [2.45, 2.75) is 59.4 Å². The number of nitrogens with zero attached hydrogens (tertiary/aromatic N) is 3. The Hall–Kier alpha value is -1.91. The number of nitrogens with one attached hydrogen (secondary N) is 1. The SMILES string of the molecule is CCC[C@H](C)NC(=O)c1cc(C(C)C)nc2c1c(C)nn2C. The molecule has 5 heteroatoms. The van der Waals surface area contributed by atoms with Crippen molar-refractivity contribution in [2.24, 2.45) is 7.05 Å². The second-order valence-corrected chi connectivity index (χ2v) is 6.32. The Morgan fingerprint density at radius 1 is 1.36 bits per heavy atom. The summed E-state index contributed by atoms with van der Waals surface area (Å²) < 4.78 is 1.75. The molecule has 120 valence electrons. The second-order valence-electron chi connectivity index (χ2n) is 6.32. The maximum atomic E-state index is 12.7. The minimum Gasteiger partial charge on any atom is -0.350 e. The molecule has 1 atom stereocenters. The van der Waals surface area contributed by atoms with E-state index in [0.717, 1.165) is 35.3 Å². The quantitative estimate of drug-likeness (QED) is 0.921. The number of hydrogen-bond acceptors (Lipinski definition) is 3. The van der Waals surface area contributed by atoms with E-state index in [1.165, 1.54) is 0 Å². The maximum Gasteiger partial charge on any atom is 0.252 e. The van der Waals surface area contributed by atoms with Crippen molar-refractivity contribution < 1.29 is 4.79 Å². The molecule has 22 heavy (non-hydrogen) atoms. The van der Waals surface area contributed by atoms with Crippen molar-refractivity contribution >= 4 is 16.9 Å². The Balaban J connectivity index is 2.53. The molecule has 0 saturated carbocycles. The van der Waals surface area contributed by atoms with Crippen LogP contribution in [0.3, 0.4) is 0 Å². The van der Waals surface area contributed by atoms with Gasteiger partial charge in [-0.1, -0.05) is 27.2 Å². The summed E-state index contributed by atoms with van der Waals surface area (Å²) in [6, 6.07) is 2.08. The third-order valence-electron chi connectivity index (χ3n) is 3.92. The van der Waals surface area contributed by atoms with Crippen LogP contribution in [-0.4, -0.2) is 26.7 Å². The van der Waals surface area contributed by atoms with Crippen LogP contribution in [0, 0.1) is 6.92 Å². The minimum absolute atomic E-state index is 0.0358. The second kappa shape index (κ2) is 6.46. The molecule has 2 rings (SSSR count). The summed E-state index contributed by atoms with van der Waals surface area (Å²) in [7, 11) is 1.87. The number of aromatic nitrogens is 3. The predicted octanol–water partition coefficient (Wildman–Crippen LogP) is 3.32. The van der Waals surface area contributed by atoms with E-state index in [4.69, 9.17) is 0 Å². The average Bonchev–Trinajstić information content (AvgIpc) is 2.73. The van der Waals surface area contributed by atoms with Gasteiger partial charge in [0.15, 0.2) is 5.65 Å². The molecule has 5 nitrogen and oxygen atoms in total. The van der Waals surface area contributed by atoms with E-state index in [1.807, 2.05) is 27.0 Å². The molecule has 0 aliphatic rings. The van der Waals surface area contributed by atoms with E-state index in [2.05, 4.69) is 36.2 Å². The zero-order valence-corrected chi connectivity index (χ0v) is 14.4. The highest BCUT2D eigenvalue weighted by Crippen LogP contribution is 2.25. The van der Waals surface area contributed by atoms with Crippen molar-refractivity contribution in [3.8, 4) is 0 Å². The molecule has 0 bridgehead atoms. The van der Waals surface area contributed by atoms with E-state index in [0.29, 0.717) is 5.56 Å². The van der Waals surface area contributed by atoms with Crippen molar-refractivity contribution in [3.63, 3.8) is 0 Å². The molecule has 1 N–H and O–H groups in total. The lowest BCUT2D eigenvalue weighted by Gasteiger charge is -2.15. The van der Waals surface area contributed by atoms with Gasteiger partial charge in [0, 0.05) is 18.8 Å². The smallest absolute Gasteiger partial charge is 0.252 e.